The van der Waals surface area contributed by atoms with Crippen LogP contribution in [-0.2, 0) is 14.8 Å². The largest absolute Gasteiger partial charge is 0.455 e. The number of sulfonamides is 1. The van der Waals surface area contributed by atoms with Gasteiger partial charge >= 0.3 is 0 Å². The van der Waals surface area contributed by atoms with E-state index in [0.29, 0.717) is 0 Å². The fourth-order valence-electron chi connectivity index (χ4n) is 3.28. The Morgan fingerprint density at radius 3 is 2.29 bits per heavy atom. The third-order valence-corrected chi connectivity index (χ3v) is 6.92. The third kappa shape index (κ3) is 5.22. The summed E-state index contributed by atoms with van der Waals surface area (Å²) in [5.41, 5.74) is -0.679. The summed E-state index contributed by atoms with van der Waals surface area (Å²) in [6.45, 7) is 0.805. The SMILES string of the molecule is O=C(Nc1cc(S(=O)(=O)N2CCOCC2)ccc1Oc1ccc(F)cc1)c1cc(F)ccc1F. The molecule has 0 spiro atoms. The van der Waals surface area contributed by atoms with Crippen LogP contribution in [0.4, 0.5) is 18.9 Å². The number of nitrogens with one attached hydrogen (secondary N) is 1. The van der Waals surface area contributed by atoms with Gasteiger partial charge in [-0.1, -0.05) is 0 Å². The van der Waals surface area contributed by atoms with E-state index in [1.807, 2.05) is 0 Å². The van der Waals surface area contributed by atoms with Gasteiger partial charge in [-0.2, -0.15) is 4.31 Å². The number of morpholine rings is 1. The molecule has 0 radical (unpaired) electrons. The number of ether oxygens (including phenoxy) is 2. The van der Waals surface area contributed by atoms with Crippen LogP contribution in [0, 0.1) is 17.5 Å². The lowest BCUT2D eigenvalue weighted by Gasteiger charge is -2.26. The molecule has 1 amide bonds. The zero-order valence-electron chi connectivity index (χ0n) is 17.6. The molecular weight excluding hydrogens is 473 g/mol. The summed E-state index contributed by atoms with van der Waals surface area (Å²) >= 11 is 0. The van der Waals surface area contributed by atoms with E-state index in [-0.39, 0.29) is 48.4 Å². The number of carbonyl (C=O) groups excluding carboxylic acids is 1. The molecule has 1 aliphatic rings. The zero-order chi connectivity index (χ0) is 24.3. The van der Waals surface area contributed by atoms with E-state index in [2.05, 4.69) is 5.32 Å². The van der Waals surface area contributed by atoms with E-state index in [9.17, 15) is 26.4 Å². The number of anilines is 1. The maximum Gasteiger partial charge on any atom is 0.258 e. The molecule has 34 heavy (non-hydrogen) atoms. The second-order valence-corrected chi connectivity index (χ2v) is 9.25. The number of benzene rings is 3. The van der Waals surface area contributed by atoms with Crippen molar-refractivity contribution in [2.75, 3.05) is 31.6 Å². The van der Waals surface area contributed by atoms with E-state index in [0.717, 1.165) is 30.3 Å². The summed E-state index contributed by atoms with van der Waals surface area (Å²) < 4.78 is 79.2. The molecule has 3 aromatic rings. The van der Waals surface area contributed by atoms with Crippen molar-refractivity contribution in [3.05, 3.63) is 83.7 Å². The monoisotopic (exact) mass is 492 g/mol. The van der Waals surface area contributed by atoms with Crippen molar-refractivity contribution in [1.82, 2.24) is 4.31 Å². The molecule has 1 N–H and O–H groups in total. The first-order chi connectivity index (χ1) is 16.2. The van der Waals surface area contributed by atoms with Gasteiger partial charge < -0.3 is 14.8 Å². The Morgan fingerprint density at radius 1 is 0.912 bits per heavy atom. The van der Waals surface area contributed by atoms with Crippen molar-refractivity contribution in [3.63, 3.8) is 0 Å². The molecule has 11 heteroatoms. The molecule has 1 heterocycles. The van der Waals surface area contributed by atoms with Crippen molar-refractivity contribution in [2.45, 2.75) is 4.90 Å². The Labute approximate surface area is 193 Å². The highest BCUT2D eigenvalue weighted by Gasteiger charge is 2.28. The number of halogens is 3. The maximum atomic E-state index is 14.1. The van der Waals surface area contributed by atoms with Crippen molar-refractivity contribution in [3.8, 4) is 11.5 Å². The lowest BCUT2D eigenvalue weighted by molar-refractivity contribution is 0.0730. The van der Waals surface area contributed by atoms with Crippen LogP contribution in [0.5, 0.6) is 11.5 Å². The normalized spacial score (nSPS) is 14.6. The maximum absolute atomic E-state index is 14.1. The van der Waals surface area contributed by atoms with Gasteiger partial charge in [-0.25, -0.2) is 21.6 Å². The fraction of sp³-hybridized carbons (Fsp3) is 0.174. The van der Waals surface area contributed by atoms with Gasteiger partial charge in [-0.3, -0.25) is 4.79 Å². The Kier molecular flexibility index (Phi) is 6.87. The van der Waals surface area contributed by atoms with Gasteiger partial charge in [0.25, 0.3) is 5.91 Å². The lowest BCUT2D eigenvalue weighted by Crippen LogP contribution is -2.40. The molecule has 0 unspecified atom stereocenters. The summed E-state index contributed by atoms with van der Waals surface area (Å²) in [4.78, 5) is 12.6. The zero-order valence-corrected chi connectivity index (χ0v) is 18.4. The Bertz CT molecular complexity index is 1310. The summed E-state index contributed by atoms with van der Waals surface area (Å²) in [6, 6.07) is 11.2. The molecule has 3 aromatic carbocycles. The quantitative estimate of drug-likeness (QED) is 0.559. The number of carbonyl (C=O) groups is 1. The highest BCUT2D eigenvalue weighted by atomic mass is 32.2. The molecule has 4 rings (SSSR count). The number of nitrogens with zero attached hydrogens (tertiary/aromatic N) is 1. The van der Waals surface area contributed by atoms with Crippen LogP contribution in [0.1, 0.15) is 10.4 Å². The van der Waals surface area contributed by atoms with Crippen molar-refractivity contribution in [2.24, 2.45) is 0 Å². The minimum absolute atomic E-state index is 0.0118. The summed E-state index contributed by atoms with van der Waals surface area (Å²) in [7, 11) is -3.93. The molecule has 0 aromatic heterocycles. The standard InChI is InChI=1S/C23H19F3N2O5S/c24-15-1-4-17(5-2-15)33-22-8-6-18(34(30,31)28-9-11-32-12-10-28)14-21(22)27-23(29)19-13-16(25)3-7-20(19)26/h1-8,13-14H,9-12H2,(H,27,29). The summed E-state index contributed by atoms with van der Waals surface area (Å²) in [5, 5.41) is 2.39. The first-order valence-corrected chi connectivity index (χ1v) is 11.6. The number of hydrogen-bond acceptors (Lipinski definition) is 5. The van der Waals surface area contributed by atoms with Gasteiger partial charge in [0.15, 0.2) is 5.75 Å². The molecule has 0 aliphatic carbocycles. The van der Waals surface area contributed by atoms with Gasteiger partial charge in [-0.15, -0.1) is 0 Å². The molecule has 0 bridgehead atoms. The average Bonchev–Trinajstić information content (AvgIpc) is 2.83. The summed E-state index contributed by atoms with van der Waals surface area (Å²) in [6.07, 6.45) is 0. The highest BCUT2D eigenvalue weighted by molar-refractivity contribution is 7.89. The van der Waals surface area contributed by atoms with Gasteiger partial charge in [0.2, 0.25) is 10.0 Å². The molecule has 7 nitrogen and oxygen atoms in total. The lowest BCUT2D eigenvalue weighted by atomic mass is 10.2. The van der Waals surface area contributed by atoms with Crippen molar-refractivity contribution >= 4 is 21.6 Å². The molecule has 0 atom stereocenters. The van der Waals surface area contributed by atoms with Gasteiger partial charge in [-0.05, 0) is 60.7 Å². The Balaban J connectivity index is 1.71. The molecule has 1 saturated heterocycles. The first kappa shape index (κ1) is 23.7. The summed E-state index contributed by atoms with van der Waals surface area (Å²) in [5.74, 6) is -3.07. The van der Waals surface area contributed by atoms with Crippen LogP contribution in [0.3, 0.4) is 0 Å². The smallest absolute Gasteiger partial charge is 0.258 e. The van der Waals surface area contributed by atoms with Crippen LogP contribution >= 0.6 is 0 Å². The minimum atomic E-state index is -3.93. The van der Waals surface area contributed by atoms with E-state index in [1.165, 1.54) is 34.6 Å². The van der Waals surface area contributed by atoms with E-state index >= 15 is 0 Å². The van der Waals surface area contributed by atoms with Crippen LogP contribution in [0.25, 0.3) is 0 Å². The van der Waals surface area contributed by atoms with Crippen molar-refractivity contribution < 1.29 is 35.9 Å². The molecule has 1 fully saturated rings. The second-order valence-electron chi connectivity index (χ2n) is 7.31. The molecule has 178 valence electrons. The van der Waals surface area contributed by atoms with Gasteiger partial charge in [0.05, 0.1) is 29.4 Å². The minimum Gasteiger partial charge on any atom is -0.455 e. The number of hydrogen-bond donors (Lipinski definition) is 1. The van der Waals surface area contributed by atoms with Crippen LogP contribution in [0.15, 0.2) is 65.6 Å². The Hall–Kier alpha value is -3.41. The van der Waals surface area contributed by atoms with E-state index < -0.39 is 38.9 Å². The molecule has 0 saturated carbocycles. The van der Waals surface area contributed by atoms with E-state index in [4.69, 9.17) is 9.47 Å². The van der Waals surface area contributed by atoms with Crippen molar-refractivity contribution in [1.29, 1.82) is 0 Å². The number of rotatable bonds is 6. The number of amides is 1. The van der Waals surface area contributed by atoms with E-state index in [1.54, 1.807) is 0 Å². The topological polar surface area (TPSA) is 84.9 Å². The fourth-order valence-corrected chi connectivity index (χ4v) is 4.72. The highest BCUT2D eigenvalue weighted by Crippen LogP contribution is 2.33. The van der Waals surface area contributed by atoms with Crippen LogP contribution in [0.2, 0.25) is 0 Å². The second kappa shape index (κ2) is 9.84. The molecule has 1 aliphatic heterocycles. The predicted molar refractivity (Wildman–Crippen MR) is 117 cm³/mol. The average molecular weight is 492 g/mol. The van der Waals surface area contributed by atoms with Crippen LogP contribution < -0.4 is 10.1 Å². The predicted octanol–water partition coefficient (Wildman–Crippen LogP) is 4.17. The van der Waals surface area contributed by atoms with Crippen LogP contribution in [-0.4, -0.2) is 44.9 Å². The molecular formula is C23H19F3N2O5S. The Morgan fingerprint density at radius 2 is 1.59 bits per heavy atom. The van der Waals surface area contributed by atoms with Gasteiger partial charge in [0, 0.05) is 13.1 Å². The first-order valence-electron chi connectivity index (χ1n) is 10.2. The van der Waals surface area contributed by atoms with Gasteiger partial charge in [0.1, 0.15) is 23.2 Å². The third-order valence-electron chi connectivity index (χ3n) is 5.02.